The Morgan fingerprint density at radius 2 is 0.990 bits per heavy atom. The number of hydrogen-bond acceptors (Lipinski definition) is 15. The molecule has 0 saturated carbocycles. The number of unbranched alkanes of at least 4 members (excludes halogenated alkanes) is 2. The first-order chi connectivity index (χ1) is 47.2. The van der Waals surface area contributed by atoms with E-state index in [2.05, 4.69) is 50.4 Å². The summed E-state index contributed by atoms with van der Waals surface area (Å²) in [6.45, 7) is 11.2. The number of alkyl carbamates (subject to hydrolysis) is 1. The maximum atomic E-state index is 12.1. The van der Waals surface area contributed by atoms with Crippen molar-refractivity contribution in [3.8, 4) is 62.9 Å². The lowest BCUT2D eigenvalue weighted by atomic mass is 9.78. The van der Waals surface area contributed by atoms with E-state index >= 15 is 0 Å². The molecule has 0 saturated heterocycles. The van der Waals surface area contributed by atoms with Crippen LogP contribution in [0.3, 0.4) is 0 Å². The minimum atomic E-state index is -0.650. The fraction of sp³-hybridized carbons (Fsp3) is 0.253. The van der Waals surface area contributed by atoms with Crippen molar-refractivity contribution in [2.24, 2.45) is 11.5 Å². The average molecular weight is 1330 g/mol. The molecule has 0 aliphatic heterocycles. The number of phenolic OH excluding ortho intramolecular Hbond substituents is 2. The Bertz CT molecular complexity index is 4030. The van der Waals surface area contributed by atoms with Crippen LogP contribution in [0.1, 0.15) is 108 Å². The molecule has 0 aromatic heterocycles. The molecule has 2 amide bonds. The normalized spacial score (nSPS) is 10.6. The van der Waals surface area contributed by atoms with Gasteiger partial charge in [-0.3, -0.25) is 26.3 Å². The van der Waals surface area contributed by atoms with E-state index < -0.39 is 6.09 Å². The van der Waals surface area contributed by atoms with Crippen LogP contribution in [-0.4, -0.2) is 98.9 Å². The molecule has 9 rings (SSSR count). The van der Waals surface area contributed by atoms with Crippen LogP contribution in [0.4, 0.5) is 4.79 Å². The minimum absolute atomic E-state index is 0.0339. The van der Waals surface area contributed by atoms with E-state index in [-0.39, 0.29) is 46.9 Å². The number of aryl methyl sites for hydroxylation is 1. The topological polar surface area (TPSA) is 287 Å². The van der Waals surface area contributed by atoms with Crippen molar-refractivity contribution in [1.82, 2.24) is 10.2 Å². The second kappa shape index (κ2) is 37.6. The number of benzene rings is 9. The molecule has 0 atom stereocenters. The summed E-state index contributed by atoms with van der Waals surface area (Å²) in [5.74, 6) is 5.31. The van der Waals surface area contributed by atoms with Gasteiger partial charge >= 0.3 is 6.09 Å². The Morgan fingerprint density at radius 3 is 1.56 bits per heavy atom. The molecule has 512 valence electrons. The van der Waals surface area contributed by atoms with Crippen LogP contribution in [-0.2, 0) is 29.8 Å². The summed E-state index contributed by atoms with van der Waals surface area (Å²) in [6, 6.07) is 63.4. The number of nitrogens with zero attached hydrogens (tertiary/aromatic N) is 1. The first-order valence-corrected chi connectivity index (χ1v) is 32.3. The third-order valence-electron chi connectivity index (χ3n) is 15.4. The molecule has 0 aliphatic carbocycles. The molecule has 19 nitrogen and oxygen atoms in total. The van der Waals surface area contributed by atoms with Crippen LogP contribution < -0.4 is 49.9 Å². The summed E-state index contributed by atoms with van der Waals surface area (Å²) in [4.78, 5) is 25.1. The maximum Gasteiger partial charge on any atom is 0.412 e. The highest BCUT2D eigenvalue weighted by atomic mass is 16.5. The van der Waals surface area contributed by atoms with Gasteiger partial charge in [-0.1, -0.05) is 106 Å². The predicted octanol–water partition coefficient (Wildman–Crippen LogP) is 15.0. The number of hydrogen-bond donors (Lipinski definition) is 8. The van der Waals surface area contributed by atoms with Gasteiger partial charge in [0.1, 0.15) is 84.2 Å². The molecule has 9 aromatic carbocycles. The lowest BCUT2D eigenvalue weighted by Gasteiger charge is -2.26. The van der Waals surface area contributed by atoms with Crippen molar-refractivity contribution in [2.75, 3.05) is 54.2 Å². The SMILES string of the molecule is CCCc1cc(-c2ccc(C(=N)N)cc2)ccc1OCCOc1cccc(O)c1.CCOC(=O)NC(=N)c1ccc(OCc2cccc(COc3ccc(C(C)(C)c4ccc(O)cc4)cc3)c2)cc1.COc1ccc(C(=O)N(C)C)cc1OCCCCCOc1ccc(C(=N)N)cc1. The van der Waals surface area contributed by atoms with Gasteiger partial charge in [-0.15, -0.1) is 0 Å². The molecule has 9 aromatic rings. The van der Waals surface area contributed by atoms with Gasteiger partial charge in [0.2, 0.25) is 0 Å². The number of phenols is 2. The van der Waals surface area contributed by atoms with Crippen LogP contribution in [0.2, 0.25) is 0 Å². The Labute approximate surface area is 574 Å². The van der Waals surface area contributed by atoms with E-state index in [1.54, 1.807) is 119 Å². The second-order valence-electron chi connectivity index (χ2n) is 23.4. The largest absolute Gasteiger partial charge is 0.508 e. The Balaban J connectivity index is 0.000000211. The monoisotopic (exact) mass is 1330 g/mol. The summed E-state index contributed by atoms with van der Waals surface area (Å²) < 4.78 is 45.2. The molecule has 0 radical (unpaired) electrons. The predicted molar refractivity (Wildman–Crippen MR) is 385 cm³/mol. The summed E-state index contributed by atoms with van der Waals surface area (Å²) in [5, 5.41) is 44.3. The van der Waals surface area contributed by atoms with Crippen LogP contribution in [0, 0.1) is 16.2 Å². The van der Waals surface area contributed by atoms with Gasteiger partial charge in [0.15, 0.2) is 11.5 Å². The number of amidine groups is 3. The molecule has 98 heavy (non-hydrogen) atoms. The number of nitrogens with one attached hydrogen (secondary N) is 4. The first kappa shape index (κ1) is 73.9. The second-order valence-corrected chi connectivity index (χ2v) is 23.4. The summed E-state index contributed by atoms with van der Waals surface area (Å²) in [5.41, 5.74) is 20.9. The standard InChI is InChI=1S/C33H34N2O5.C24H26N2O3.C22H29N3O4/c1-4-38-32(37)35-31(34)25-8-16-29(17-9-25)39-21-23-6-5-7-24(20-23)22-40-30-18-12-27(13-19-30)33(2,3)26-10-14-28(36)15-11-26;1-2-4-20-15-19(17-7-9-18(10-8-17)24(25)26)11-12-23(20)29-14-13-28-22-6-3-5-21(27)16-22;1-25(2)22(26)17-9-12-19(27-3)20(15-17)29-14-6-4-5-13-28-18-10-7-16(8-11-18)21(23)24/h5-20,36H,4,21-22H2,1-3H3,(H2,34,35,37);3,5-12,15-16,27H,2,4,13-14H2,1H3,(H3,25,26);7-12,15H,4-6,13-14H2,1-3H3,(H3,23,24). The van der Waals surface area contributed by atoms with Gasteiger partial charge in [0.05, 0.1) is 26.9 Å². The van der Waals surface area contributed by atoms with E-state index in [9.17, 15) is 19.8 Å². The van der Waals surface area contributed by atoms with E-state index in [1.165, 1.54) is 4.90 Å². The number of nitrogens with two attached hydrogens (primary N) is 2. The third-order valence-corrected chi connectivity index (χ3v) is 15.4. The zero-order valence-corrected chi connectivity index (χ0v) is 56.7. The Hall–Kier alpha value is -11.5. The molecule has 10 N–H and O–H groups in total. The van der Waals surface area contributed by atoms with E-state index in [1.807, 2.05) is 91.0 Å². The highest BCUT2D eigenvalue weighted by Crippen LogP contribution is 2.34. The van der Waals surface area contributed by atoms with E-state index in [0.29, 0.717) is 84.9 Å². The Morgan fingerprint density at radius 1 is 0.490 bits per heavy atom. The molecule has 19 heteroatoms. The van der Waals surface area contributed by atoms with Crippen LogP contribution in [0.25, 0.3) is 11.1 Å². The smallest absolute Gasteiger partial charge is 0.412 e. The summed E-state index contributed by atoms with van der Waals surface area (Å²) in [7, 11) is 5.01. The van der Waals surface area contributed by atoms with Crippen molar-refractivity contribution in [2.45, 2.75) is 78.4 Å². The fourth-order valence-electron chi connectivity index (χ4n) is 9.97. The molecule has 0 bridgehead atoms. The van der Waals surface area contributed by atoms with Gasteiger partial charge in [-0.2, -0.15) is 0 Å². The maximum absolute atomic E-state index is 12.1. The van der Waals surface area contributed by atoms with Crippen LogP contribution >= 0.6 is 0 Å². The van der Waals surface area contributed by atoms with Crippen molar-refractivity contribution in [3.05, 3.63) is 256 Å². The quantitative estimate of drug-likeness (QED) is 0.0118. The van der Waals surface area contributed by atoms with Crippen molar-refractivity contribution in [3.63, 3.8) is 0 Å². The molecular formula is C79H89N7O12. The zero-order valence-electron chi connectivity index (χ0n) is 56.7. The van der Waals surface area contributed by atoms with E-state index in [0.717, 1.165) is 88.3 Å². The number of ether oxygens (including phenoxy) is 8. The molecule has 0 fully saturated rings. The molecular weight excluding hydrogens is 1240 g/mol. The highest BCUT2D eigenvalue weighted by Gasteiger charge is 2.23. The summed E-state index contributed by atoms with van der Waals surface area (Å²) in [6.07, 6.45) is 3.99. The van der Waals surface area contributed by atoms with Gasteiger partial charge in [0.25, 0.3) is 5.91 Å². The minimum Gasteiger partial charge on any atom is -0.508 e. The van der Waals surface area contributed by atoms with Gasteiger partial charge in [-0.05, 0) is 193 Å². The number of nitrogen functional groups attached to an aromatic ring is 2. The lowest BCUT2D eigenvalue weighted by Crippen LogP contribution is -2.30. The molecule has 0 heterocycles. The fourth-order valence-corrected chi connectivity index (χ4v) is 9.97. The average Bonchev–Trinajstić information content (AvgIpc) is 0.816. The van der Waals surface area contributed by atoms with Gasteiger partial charge in [0, 0.05) is 47.8 Å². The highest BCUT2D eigenvalue weighted by molar-refractivity contribution is 6.04. The van der Waals surface area contributed by atoms with Gasteiger partial charge < -0.3 is 64.5 Å². The zero-order chi connectivity index (χ0) is 70.4. The number of aromatic hydroxyl groups is 2. The van der Waals surface area contributed by atoms with Crippen molar-refractivity contribution >= 4 is 29.5 Å². The lowest BCUT2D eigenvalue weighted by molar-refractivity contribution is 0.0827. The third kappa shape index (κ3) is 23.2. The van der Waals surface area contributed by atoms with E-state index in [4.69, 9.17) is 65.6 Å². The molecule has 0 aliphatic rings. The van der Waals surface area contributed by atoms with Crippen LogP contribution in [0.5, 0.6) is 51.7 Å². The number of carbonyl (C=O) groups excluding carboxylic acids is 2. The number of carbonyl (C=O) groups is 2. The van der Waals surface area contributed by atoms with Crippen molar-refractivity contribution < 1.29 is 57.7 Å². The summed E-state index contributed by atoms with van der Waals surface area (Å²) >= 11 is 0. The molecule has 0 unspecified atom stereocenters. The molecule has 0 spiro atoms. The Kier molecular flexibility index (Phi) is 28.3. The number of rotatable bonds is 30. The number of methoxy groups -OCH3 is 1. The van der Waals surface area contributed by atoms with Gasteiger partial charge in [-0.25, -0.2) is 4.79 Å². The van der Waals surface area contributed by atoms with Crippen LogP contribution in [0.15, 0.2) is 206 Å². The first-order valence-electron chi connectivity index (χ1n) is 32.3. The number of amides is 2. The van der Waals surface area contributed by atoms with Crippen molar-refractivity contribution in [1.29, 1.82) is 16.2 Å².